The summed E-state index contributed by atoms with van der Waals surface area (Å²) >= 11 is 0. The Kier molecular flexibility index (Phi) is 5.31. The third-order valence-electron chi connectivity index (χ3n) is 2.06. The van der Waals surface area contributed by atoms with Crippen LogP contribution in [0.3, 0.4) is 0 Å². The minimum Gasteiger partial charge on any atom is -0.303 e. The van der Waals surface area contributed by atoms with Gasteiger partial charge in [0.1, 0.15) is 12.2 Å². The van der Waals surface area contributed by atoms with Crippen LogP contribution in [0.15, 0.2) is 5.57 Å². The van der Waals surface area contributed by atoms with Crippen LogP contribution < -0.4 is 0 Å². The van der Waals surface area contributed by atoms with Crippen molar-refractivity contribution in [3.05, 3.63) is 5.57 Å². The second kappa shape index (κ2) is 5.73. The molecule has 0 rings (SSSR count). The van der Waals surface area contributed by atoms with Crippen LogP contribution in [0.4, 0.5) is 0 Å². The van der Waals surface area contributed by atoms with E-state index in [0.29, 0.717) is 17.9 Å². The van der Waals surface area contributed by atoms with Crippen molar-refractivity contribution in [2.75, 3.05) is 0 Å². The maximum Gasteiger partial charge on any atom is 0.123 e. The summed E-state index contributed by atoms with van der Waals surface area (Å²) in [4.78, 5) is 20.7. The predicted octanol–water partition coefficient (Wildman–Crippen LogP) is 2.02. The van der Waals surface area contributed by atoms with E-state index in [2.05, 4.69) is 0 Å². The zero-order chi connectivity index (χ0) is 9.56. The van der Waals surface area contributed by atoms with E-state index in [0.717, 1.165) is 12.7 Å². The fourth-order valence-corrected chi connectivity index (χ4v) is 0.993. The van der Waals surface area contributed by atoms with Gasteiger partial charge in [-0.2, -0.15) is 0 Å². The van der Waals surface area contributed by atoms with Crippen molar-refractivity contribution >= 4 is 12.2 Å². The highest BCUT2D eigenvalue weighted by Crippen LogP contribution is 2.16. The molecule has 0 aliphatic rings. The molecule has 12 heavy (non-hydrogen) atoms. The zero-order valence-electron chi connectivity index (χ0n) is 7.96. The Bertz CT molecular complexity index is 188. The average Bonchev–Trinajstić information content (AvgIpc) is 2.04. The topological polar surface area (TPSA) is 34.1 Å². The Morgan fingerprint density at radius 2 is 2.08 bits per heavy atom. The third-order valence-corrected chi connectivity index (χ3v) is 2.06. The molecule has 0 aliphatic carbocycles. The van der Waals surface area contributed by atoms with E-state index in [-0.39, 0.29) is 5.92 Å². The first kappa shape index (κ1) is 11.1. The van der Waals surface area contributed by atoms with Gasteiger partial charge in [-0.3, -0.25) is 0 Å². The van der Waals surface area contributed by atoms with E-state index in [9.17, 15) is 9.59 Å². The zero-order valence-corrected chi connectivity index (χ0v) is 7.96. The van der Waals surface area contributed by atoms with Crippen molar-refractivity contribution in [1.29, 1.82) is 0 Å². The third kappa shape index (κ3) is 4.09. The first-order valence-corrected chi connectivity index (χ1v) is 4.27. The van der Waals surface area contributed by atoms with Gasteiger partial charge in [0.2, 0.25) is 0 Å². The molecule has 0 saturated heterocycles. The quantitative estimate of drug-likeness (QED) is 0.465. The average molecular weight is 168 g/mol. The summed E-state index contributed by atoms with van der Waals surface area (Å²) in [6.07, 6.45) is 2.43. The Morgan fingerprint density at radius 1 is 1.50 bits per heavy atom. The molecule has 2 nitrogen and oxygen atoms in total. The number of carbonyl (C=O) groups excluding carboxylic acids is 2. The summed E-state index contributed by atoms with van der Waals surface area (Å²) in [7, 11) is 0. The number of allylic oxidation sites excluding steroid dienone is 1. The molecule has 2 heteroatoms. The van der Waals surface area contributed by atoms with Crippen molar-refractivity contribution in [2.24, 2.45) is 11.8 Å². The van der Waals surface area contributed by atoms with E-state index in [1.807, 2.05) is 19.8 Å². The molecule has 0 radical (unpaired) electrons. The second-order valence-electron chi connectivity index (χ2n) is 3.47. The fourth-order valence-electron chi connectivity index (χ4n) is 0.993. The highest BCUT2D eigenvalue weighted by atomic mass is 16.1. The standard InChI is InChI=1S/C10H16O2/c1-8(2)10(7-12)5-4-9(3)6-11/h7-8,10H,4-5H2,1-3H3/t10-/m0/s1. The van der Waals surface area contributed by atoms with Gasteiger partial charge in [0.25, 0.3) is 0 Å². The minimum atomic E-state index is 0.0771. The van der Waals surface area contributed by atoms with E-state index in [4.69, 9.17) is 0 Å². The number of hydrogen-bond donors (Lipinski definition) is 0. The molecule has 0 unspecified atom stereocenters. The van der Waals surface area contributed by atoms with Crippen molar-refractivity contribution < 1.29 is 9.59 Å². The van der Waals surface area contributed by atoms with Gasteiger partial charge in [0.15, 0.2) is 0 Å². The van der Waals surface area contributed by atoms with Crippen LogP contribution >= 0.6 is 0 Å². The van der Waals surface area contributed by atoms with Crippen LogP contribution in [0.1, 0.15) is 33.6 Å². The second-order valence-corrected chi connectivity index (χ2v) is 3.47. The number of carbonyl (C=O) groups is 1. The largest absolute Gasteiger partial charge is 0.303 e. The Hall–Kier alpha value is -0.880. The molecule has 0 amide bonds. The van der Waals surface area contributed by atoms with Gasteiger partial charge in [-0.1, -0.05) is 13.8 Å². The van der Waals surface area contributed by atoms with Crippen molar-refractivity contribution in [1.82, 2.24) is 0 Å². The van der Waals surface area contributed by atoms with Crippen LogP contribution in [0.25, 0.3) is 0 Å². The summed E-state index contributed by atoms with van der Waals surface area (Å²) in [6, 6.07) is 0. The van der Waals surface area contributed by atoms with Crippen molar-refractivity contribution in [2.45, 2.75) is 33.6 Å². The molecule has 0 fully saturated rings. The van der Waals surface area contributed by atoms with Gasteiger partial charge in [-0.15, -0.1) is 0 Å². The van der Waals surface area contributed by atoms with Crippen LogP contribution in [0.5, 0.6) is 0 Å². The number of rotatable bonds is 5. The lowest BCUT2D eigenvalue weighted by molar-refractivity contribution is -0.112. The van der Waals surface area contributed by atoms with Gasteiger partial charge >= 0.3 is 0 Å². The molecule has 0 heterocycles. The Balaban J connectivity index is 3.89. The molecule has 68 valence electrons. The monoisotopic (exact) mass is 168 g/mol. The minimum absolute atomic E-state index is 0.0771. The number of aldehydes is 1. The van der Waals surface area contributed by atoms with E-state index >= 15 is 0 Å². The SMILES string of the molecule is CC(=C=O)CC[C@@H](C=O)C(C)C. The van der Waals surface area contributed by atoms with Gasteiger partial charge in [0, 0.05) is 11.5 Å². The molecule has 0 N–H and O–H groups in total. The maximum absolute atomic E-state index is 10.5. The van der Waals surface area contributed by atoms with E-state index in [1.54, 1.807) is 6.92 Å². The van der Waals surface area contributed by atoms with E-state index < -0.39 is 0 Å². The first-order chi connectivity index (χ1) is 5.61. The lowest BCUT2D eigenvalue weighted by Gasteiger charge is -2.12. The van der Waals surface area contributed by atoms with Crippen LogP contribution in [-0.4, -0.2) is 12.2 Å². The molecular formula is C10H16O2. The van der Waals surface area contributed by atoms with Crippen LogP contribution in [0, 0.1) is 11.8 Å². The first-order valence-electron chi connectivity index (χ1n) is 4.27. The Labute approximate surface area is 73.7 Å². The highest BCUT2D eigenvalue weighted by molar-refractivity contribution is 5.55. The lowest BCUT2D eigenvalue weighted by Crippen LogP contribution is -2.09. The summed E-state index contributed by atoms with van der Waals surface area (Å²) in [6.45, 7) is 5.77. The molecule has 0 bridgehead atoms. The molecule has 0 saturated carbocycles. The van der Waals surface area contributed by atoms with Crippen LogP contribution in [-0.2, 0) is 9.59 Å². The molecule has 0 spiro atoms. The number of hydrogen-bond acceptors (Lipinski definition) is 2. The molecular weight excluding hydrogens is 152 g/mol. The summed E-state index contributed by atoms with van der Waals surface area (Å²) in [5, 5.41) is 0. The smallest absolute Gasteiger partial charge is 0.123 e. The van der Waals surface area contributed by atoms with Gasteiger partial charge in [-0.25, -0.2) is 4.79 Å². The maximum atomic E-state index is 10.5. The fraction of sp³-hybridized carbons (Fsp3) is 0.700. The molecule has 0 aromatic carbocycles. The van der Waals surface area contributed by atoms with Crippen molar-refractivity contribution in [3.8, 4) is 0 Å². The normalized spacial score (nSPS) is 12.3. The van der Waals surface area contributed by atoms with Crippen molar-refractivity contribution in [3.63, 3.8) is 0 Å². The lowest BCUT2D eigenvalue weighted by atomic mass is 9.91. The highest BCUT2D eigenvalue weighted by Gasteiger charge is 2.11. The predicted molar refractivity (Wildman–Crippen MR) is 48.5 cm³/mol. The molecule has 1 atom stereocenters. The summed E-state index contributed by atoms with van der Waals surface area (Å²) < 4.78 is 0. The van der Waals surface area contributed by atoms with Gasteiger partial charge in [-0.05, 0) is 25.7 Å². The molecule has 0 aromatic rings. The summed E-state index contributed by atoms with van der Waals surface area (Å²) in [5.41, 5.74) is 0.697. The molecule has 0 aliphatic heterocycles. The van der Waals surface area contributed by atoms with Gasteiger partial charge in [0.05, 0.1) is 0 Å². The summed E-state index contributed by atoms with van der Waals surface area (Å²) in [5.74, 6) is 2.27. The van der Waals surface area contributed by atoms with Crippen LogP contribution in [0.2, 0.25) is 0 Å². The molecule has 0 aromatic heterocycles. The van der Waals surface area contributed by atoms with E-state index in [1.165, 1.54) is 0 Å². The van der Waals surface area contributed by atoms with Gasteiger partial charge < -0.3 is 4.79 Å². The Morgan fingerprint density at radius 3 is 2.42 bits per heavy atom.